The Bertz CT molecular complexity index is 1060. The maximum absolute atomic E-state index is 11.3. The Morgan fingerprint density at radius 1 is 0.966 bits per heavy atom. The van der Waals surface area contributed by atoms with Gasteiger partial charge in [-0.05, 0) is 42.0 Å². The molecule has 0 saturated carbocycles. The molecule has 0 spiro atoms. The van der Waals surface area contributed by atoms with Gasteiger partial charge in [-0.15, -0.1) is 0 Å². The second-order valence-corrected chi connectivity index (χ2v) is 7.74. The van der Waals surface area contributed by atoms with Gasteiger partial charge in [-0.2, -0.15) is 21.8 Å². The van der Waals surface area contributed by atoms with Gasteiger partial charge in [-0.3, -0.25) is 9.11 Å². The van der Waals surface area contributed by atoms with Crippen molar-refractivity contribution >= 4 is 43.9 Å². The molecule has 0 radical (unpaired) electrons. The molecule has 0 aliphatic heterocycles. The van der Waals surface area contributed by atoms with E-state index in [1.807, 2.05) is 0 Å². The Labute approximate surface area is 172 Å². The fourth-order valence-electron chi connectivity index (χ4n) is 2.27. The standard InChI is InChI=1S/C16H15NO9S3/c18-28(19,20)24-10-15(26-29(21,22)23)16(25-14-4-2-1-3-5-14)12-6-8-13(9-7-12)17-11-27/h1-9,15-16H,10H2,(H,18,19,20)(H,21,22,23)/t15-,16+/m0/s1. The first-order valence-electron chi connectivity index (χ1n) is 7.74. The van der Waals surface area contributed by atoms with Crippen molar-refractivity contribution in [2.24, 2.45) is 4.99 Å². The van der Waals surface area contributed by atoms with E-state index in [9.17, 15) is 16.8 Å². The van der Waals surface area contributed by atoms with Crippen LogP contribution in [-0.4, -0.2) is 43.8 Å². The van der Waals surface area contributed by atoms with Crippen LogP contribution in [0, 0.1) is 0 Å². The number of aliphatic imine (C=N–C) groups is 1. The molecule has 0 bridgehead atoms. The molecule has 2 rings (SSSR count). The third-order valence-electron chi connectivity index (χ3n) is 3.37. The van der Waals surface area contributed by atoms with Crippen LogP contribution in [0.5, 0.6) is 5.75 Å². The fourth-order valence-corrected chi connectivity index (χ4v) is 3.15. The minimum absolute atomic E-state index is 0.286. The zero-order valence-electron chi connectivity index (χ0n) is 14.5. The Morgan fingerprint density at radius 2 is 1.59 bits per heavy atom. The third-order valence-corrected chi connectivity index (χ3v) is 4.38. The number of ether oxygens (including phenoxy) is 1. The van der Waals surface area contributed by atoms with Gasteiger partial charge in [0.15, 0.2) is 6.10 Å². The Balaban J connectivity index is 2.45. The minimum Gasteiger partial charge on any atom is -0.483 e. The van der Waals surface area contributed by atoms with Gasteiger partial charge in [0.05, 0.1) is 10.8 Å². The van der Waals surface area contributed by atoms with E-state index in [4.69, 9.17) is 13.8 Å². The number of hydrogen-bond acceptors (Lipinski definition) is 9. The lowest BCUT2D eigenvalue weighted by Crippen LogP contribution is -2.34. The second-order valence-electron chi connectivity index (χ2n) is 5.42. The lowest BCUT2D eigenvalue weighted by atomic mass is 10.0. The van der Waals surface area contributed by atoms with Gasteiger partial charge in [0.1, 0.15) is 18.5 Å². The molecule has 0 fully saturated rings. The largest absolute Gasteiger partial charge is 0.483 e. The monoisotopic (exact) mass is 461 g/mol. The molecular formula is C16H15NO9S3. The number of rotatable bonds is 10. The predicted octanol–water partition coefficient (Wildman–Crippen LogP) is 2.55. The molecule has 0 heterocycles. The van der Waals surface area contributed by atoms with E-state index >= 15 is 0 Å². The van der Waals surface area contributed by atoms with Gasteiger partial charge in [0.2, 0.25) is 0 Å². The number of isothiocyanates is 1. The van der Waals surface area contributed by atoms with E-state index in [0.29, 0.717) is 11.3 Å². The first kappa shape index (κ1) is 23.1. The summed E-state index contributed by atoms with van der Waals surface area (Å²) < 4.78 is 76.8. The quantitative estimate of drug-likeness (QED) is 0.307. The molecule has 0 amide bonds. The third kappa shape index (κ3) is 8.35. The summed E-state index contributed by atoms with van der Waals surface area (Å²) in [5, 5.41) is 2.19. The molecule has 2 atom stereocenters. The molecule has 2 N–H and O–H groups in total. The number of thiocarbonyl (C=S) groups is 1. The van der Waals surface area contributed by atoms with Crippen molar-refractivity contribution in [2.75, 3.05) is 6.61 Å². The second kappa shape index (κ2) is 10.0. The van der Waals surface area contributed by atoms with E-state index in [1.54, 1.807) is 30.3 Å². The Hall–Kier alpha value is -2.22. The highest BCUT2D eigenvalue weighted by molar-refractivity contribution is 7.81. The van der Waals surface area contributed by atoms with Crippen molar-refractivity contribution in [3.8, 4) is 5.75 Å². The van der Waals surface area contributed by atoms with Gasteiger partial charge in [0.25, 0.3) is 0 Å². The van der Waals surface area contributed by atoms with Crippen LogP contribution in [0.1, 0.15) is 11.7 Å². The highest BCUT2D eigenvalue weighted by Crippen LogP contribution is 2.29. The van der Waals surface area contributed by atoms with E-state index in [2.05, 4.69) is 30.7 Å². The first-order valence-corrected chi connectivity index (χ1v) is 10.9. The summed E-state index contributed by atoms with van der Waals surface area (Å²) in [6.45, 7) is -0.976. The van der Waals surface area contributed by atoms with E-state index in [0.717, 1.165) is 0 Å². The molecular weight excluding hydrogens is 446 g/mol. The average Bonchev–Trinajstić information content (AvgIpc) is 2.64. The summed E-state index contributed by atoms with van der Waals surface area (Å²) in [4.78, 5) is 3.78. The average molecular weight is 461 g/mol. The van der Waals surface area contributed by atoms with Gasteiger partial charge in [0, 0.05) is 0 Å². The molecule has 29 heavy (non-hydrogen) atoms. The Morgan fingerprint density at radius 3 is 2.10 bits per heavy atom. The van der Waals surface area contributed by atoms with Crippen LogP contribution in [0.4, 0.5) is 5.69 Å². The SMILES string of the molecule is O=S(=O)(O)OC[C@H](OS(=O)(=O)O)[C@H](Oc1ccccc1)c1ccc(N=C=S)cc1. The maximum Gasteiger partial charge on any atom is 0.397 e. The summed E-state index contributed by atoms with van der Waals surface area (Å²) in [7, 11) is -9.96. The lowest BCUT2D eigenvalue weighted by Gasteiger charge is -2.26. The van der Waals surface area contributed by atoms with Crippen molar-refractivity contribution in [1.82, 2.24) is 0 Å². The minimum atomic E-state index is -5.03. The summed E-state index contributed by atoms with van der Waals surface area (Å²) in [6.07, 6.45) is -2.96. The topological polar surface area (TPSA) is 149 Å². The summed E-state index contributed by atoms with van der Waals surface area (Å²) >= 11 is 4.52. The van der Waals surface area contributed by atoms with Gasteiger partial charge in [-0.1, -0.05) is 30.3 Å². The number of hydrogen-bond donors (Lipinski definition) is 2. The molecule has 13 heteroatoms. The first-order chi connectivity index (χ1) is 13.6. The van der Waals surface area contributed by atoms with Crippen LogP contribution >= 0.6 is 12.2 Å². The van der Waals surface area contributed by atoms with Crippen molar-refractivity contribution in [1.29, 1.82) is 0 Å². The highest BCUT2D eigenvalue weighted by Gasteiger charge is 2.32. The number of benzene rings is 2. The van der Waals surface area contributed by atoms with Gasteiger partial charge < -0.3 is 4.74 Å². The number of para-hydroxylation sites is 1. The van der Waals surface area contributed by atoms with Crippen LogP contribution < -0.4 is 4.74 Å². The molecule has 2 aromatic carbocycles. The predicted molar refractivity (Wildman–Crippen MR) is 105 cm³/mol. The maximum atomic E-state index is 11.3. The highest BCUT2D eigenvalue weighted by atomic mass is 32.3. The van der Waals surface area contributed by atoms with E-state index in [-0.39, 0.29) is 5.75 Å². The molecule has 2 aromatic rings. The summed E-state index contributed by atoms with van der Waals surface area (Å²) in [5.41, 5.74) is 0.772. The molecule has 0 unspecified atom stereocenters. The van der Waals surface area contributed by atoms with Crippen LogP contribution in [0.15, 0.2) is 59.6 Å². The van der Waals surface area contributed by atoms with Crippen molar-refractivity contribution in [3.63, 3.8) is 0 Å². The van der Waals surface area contributed by atoms with Crippen LogP contribution in [0.25, 0.3) is 0 Å². The molecule has 10 nitrogen and oxygen atoms in total. The van der Waals surface area contributed by atoms with E-state index < -0.39 is 39.6 Å². The zero-order chi connectivity index (χ0) is 21.5. The van der Waals surface area contributed by atoms with E-state index in [1.165, 1.54) is 24.3 Å². The molecule has 0 saturated heterocycles. The van der Waals surface area contributed by atoms with Crippen LogP contribution in [0.3, 0.4) is 0 Å². The lowest BCUT2D eigenvalue weighted by molar-refractivity contribution is 0.0175. The van der Waals surface area contributed by atoms with Crippen molar-refractivity contribution in [2.45, 2.75) is 12.2 Å². The van der Waals surface area contributed by atoms with Crippen LogP contribution in [0.2, 0.25) is 0 Å². The van der Waals surface area contributed by atoms with Gasteiger partial charge in [-0.25, -0.2) is 8.37 Å². The summed E-state index contributed by atoms with van der Waals surface area (Å²) in [6, 6.07) is 14.2. The summed E-state index contributed by atoms with van der Waals surface area (Å²) in [5.74, 6) is 0.286. The van der Waals surface area contributed by atoms with Gasteiger partial charge >= 0.3 is 20.8 Å². The molecule has 156 valence electrons. The fraction of sp³-hybridized carbons (Fsp3) is 0.188. The zero-order valence-corrected chi connectivity index (χ0v) is 16.9. The Kier molecular flexibility index (Phi) is 7.96. The van der Waals surface area contributed by atoms with Crippen LogP contribution in [-0.2, 0) is 29.2 Å². The number of nitrogens with zero attached hydrogens (tertiary/aromatic N) is 1. The normalized spacial score (nSPS) is 13.9. The molecule has 0 aliphatic rings. The molecule has 0 aromatic heterocycles. The van der Waals surface area contributed by atoms with Crippen molar-refractivity contribution in [3.05, 3.63) is 60.2 Å². The molecule has 0 aliphatic carbocycles. The van der Waals surface area contributed by atoms with Crippen molar-refractivity contribution < 1.29 is 39.0 Å². The smallest absolute Gasteiger partial charge is 0.397 e.